The lowest BCUT2D eigenvalue weighted by atomic mass is 9.81. The molecule has 3 atom stereocenters. The maximum absolute atomic E-state index is 5.59. The average molecular weight is 280 g/mol. The van der Waals surface area contributed by atoms with E-state index in [0.29, 0.717) is 6.04 Å². The van der Waals surface area contributed by atoms with Gasteiger partial charge in [-0.2, -0.15) is 0 Å². The van der Waals surface area contributed by atoms with Gasteiger partial charge < -0.3 is 10.1 Å². The Morgan fingerprint density at radius 3 is 2.70 bits per heavy atom. The van der Waals surface area contributed by atoms with Gasteiger partial charge in [0, 0.05) is 38.3 Å². The summed E-state index contributed by atoms with van der Waals surface area (Å²) in [5.74, 6) is 1.73. The summed E-state index contributed by atoms with van der Waals surface area (Å²) < 4.78 is 5.59. The fourth-order valence-corrected chi connectivity index (χ4v) is 4.43. The molecule has 3 nitrogen and oxygen atoms in total. The summed E-state index contributed by atoms with van der Waals surface area (Å²) in [6.45, 7) is 8.06. The Kier molecular flexibility index (Phi) is 5.36. The van der Waals surface area contributed by atoms with E-state index in [-0.39, 0.29) is 0 Å². The van der Waals surface area contributed by atoms with E-state index in [1.165, 1.54) is 64.6 Å². The first kappa shape index (κ1) is 14.8. The van der Waals surface area contributed by atoms with Crippen molar-refractivity contribution in [1.82, 2.24) is 10.2 Å². The molecule has 2 saturated heterocycles. The van der Waals surface area contributed by atoms with Crippen LogP contribution in [0.25, 0.3) is 0 Å². The first-order valence-corrected chi connectivity index (χ1v) is 8.92. The number of nitrogens with one attached hydrogen (secondary N) is 1. The molecule has 0 spiro atoms. The van der Waals surface area contributed by atoms with Crippen LogP contribution in [0.1, 0.15) is 51.9 Å². The highest BCUT2D eigenvalue weighted by Crippen LogP contribution is 2.31. The molecule has 116 valence electrons. The van der Waals surface area contributed by atoms with Crippen LogP contribution in [-0.2, 0) is 4.74 Å². The van der Waals surface area contributed by atoms with Crippen molar-refractivity contribution in [1.29, 1.82) is 0 Å². The summed E-state index contributed by atoms with van der Waals surface area (Å²) >= 11 is 0. The summed E-state index contributed by atoms with van der Waals surface area (Å²) in [4.78, 5) is 2.83. The predicted molar refractivity (Wildman–Crippen MR) is 82.9 cm³/mol. The van der Waals surface area contributed by atoms with Gasteiger partial charge in [-0.3, -0.25) is 4.90 Å². The molecular weight excluding hydrogens is 248 g/mol. The van der Waals surface area contributed by atoms with E-state index in [1.54, 1.807) is 0 Å². The second kappa shape index (κ2) is 7.24. The molecule has 0 aromatic rings. The number of ether oxygens (including phenoxy) is 1. The molecule has 0 radical (unpaired) electrons. The van der Waals surface area contributed by atoms with Gasteiger partial charge in [0.2, 0.25) is 0 Å². The molecule has 3 fully saturated rings. The Bertz CT molecular complexity index is 285. The Morgan fingerprint density at radius 1 is 1.15 bits per heavy atom. The average Bonchev–Trinajstić information content (AvgIpc) is 3.01. The molecule has 0 aromatic carbocycles. The SMILES string of the molecule is CCC1CN(CC2CCOC2)C(C2CCCCC2)CN1. The minimum absolute atomic E-state index is 0.706. The molecule has 3 heteroatoms. The molecule has 20 heavy (non-hydrogen) atoms. The van der Waals surface area contributed by atoms with E-state index >= 15 is 0 Å². The van der Waals surface area contributed by atoms with E-state index in [0.717, 1.165) is 31.1 Å². The summed E-state index contributed by atoms with van der Waals surface area (Å²) in [6.07, 6.45) is 9.83. The van der Waals surface area contributed by atoms with E-state index in [1.807, 2.05) is 0 Å². The summed E-state index contributed by atoms with van der Waals surface area (Å²) in [7, 11) is 0. The number of rotatable bonds is 4. The fourth-order valence-electron chi connectivity index (χ4n) is 4.43. The molecule has 3 rings (SSSR count). The molecule has 0 aromatic heterocycles. The molecule has 1 N–H and O–H groups in total. The topological polar surface area (TPSA) is 24.5 Å². The third kappa shape index (κ3) is 3.55. The van der Waals surface area contributed by atoms with Crippen molar-refractivity contribution in [2.75, 3.05) is 32.8 Å². The Balaban J connectivity index is 1.61. The highest BCUT2D eigenvalue weighted by molar-refractivity contribution is 4.91. The van der Waals surface area contributed by atoms with Gasteiger partial charge in [-0.15, -0.1) is 0 Å². The van der Waals surface area contributed by atoms with Crippen molar-refractivity contribution in [2.24, 2.45) is 11.8 Å². The van der Waals surface area contributed by atoms with Crippen LogP contribution in [0.15, 0.2) is 0 Å². The Labute approximate surface area is 124 Å². The standard InChI is InChI=1S/C17H32N2O/c1-2-16-12-19(11-14-8-9-20-13-14)17(10-18-16)15-6-4-3-5-7-15/h14-18H,2-13H2,1H3. The van der Waals surface area contributed by atoms with Gasteiger partial charge in [0.1, 0.15) is 0 Å². The monoisotopic (exact) mass is 280 g/mol. The van der Waals surface area contributed by atoms with Gasteiger partial charge in [-0.25, -0.2) is 0 Å². The van der Waals surface area contributed by atoms with Crippen molar-refractivity contribution in [3.8, 4) is 0 Å². The lowest BCUT2D eigenvalue weighted by Crippen LogP contribution is -2.59. The molecule has 1 saturated carbocycles. The van der Waals surface area contributed by atoms with Gasteiger partial charge in [0.05, 0.1) is 6.61 Å². The first-order chi connectivity index (χ1) is 9.86. The highest BCUT2D eigenvalue weighted by atomic mass is 16.5. The maximum Gasteiger partial charge on any atom is 0.0507 e. The molecule has 0 amide bonds. The van der Waals surface area contributed by atoms with E-state index in [9.17, 15) is 0 Å². The van der Waals surface area contributed by atoms with Crippen LogP contribution in [0.2, 0.25) is 0 Å². The summed E-state index contributed by atoms with van der Waals surface area (Å²) in [6, 6.07) is 1.50. The normalized spacial score (nSPS) is 37.4. The van der Waals surface area contributed by atoms with E-state index in [4.69, 9.17) is 4.74 Å². The van der Waals surface area contributed by atoms with Crippen molar-refractivity contribution >= 4 is 0 Å². The zero-order valence-electron chi connectivity index (χ0n) is 13.2. The van der Waals surface area contributed by atoms with Crippen LogP contribution in [-0.4, -0.2) is 49.8 Å². The van der Waals surface area contributed by atoms with Crippen LogP contribution in [0, 0.1) is 11.8 Å². The quantitative estimate of drug-likeness (QED) is 0.857. The van der Waals surface area contributed by atoms with Gasteiger partial charge in [-0.05, 0) is 37.5 Å². The van der Waals surface area contributed by atoms with Gasteiger partial charge >= 0.3 is 0 Å². The van der Waals surface area contributed by atoms with Crippen LogP contribution in [0.3, 0.4) is 0 Å². The molecule has 1 aliphatic carbocycles. The second-order valence-corrected chi connectivity index (χ2v) is 7.16. The van der Waals surface area contributed by atoms with Crippen LogP contribution in [0.5, 0.6) is 0 Å². The molecular formula is C17H32N2O. The minimum Gasteiger partial charge on any atom is -0.381 e. The number of hydrogen-bond acceptors (Lipinski definition) is 3. The van der Waals surface area contributed by atoms with E-state index in [2.05, 4.69) is 17.1 Å². The Hall–Kier alpha value is -0.120. The molecule has 3 unspecified atom stereocenters. The smallest absolute Gasteiger partial charge is 0.0507 e. The van der Waals surface area contributed by atoms with Crippen molar-refractivity contribution in [2.45, 2.75) is 64.0 Å². The first-order valence-electron chi connectivity index (χ1n) is 8.92. The van der Waals surface area contributed by atoms with Crippen molar-refractivity contribution < 1.29 is 4.74 Å². The van der Waals surface area contributed by atoms with Crippen molar-refractivity contribution in [3.63, 3.8) is 0 Å². The van der Waals surface area contributed by atoms with Crippen LogP contribution >= 0.6 is 0 Å². The van der Waals surface area contributed by atoms with Gasteiger partial charge in [-0.1, -0.05) is 26.2 Å². The number of piperazine rings is 1. The minimum atomic E-state index is 0.706. The molecule has 3 aliphatic rings. The van der Waals surface area contributed by atoms with Crippen molar-refractivity contribution in [3.05, 3.63) is 0 Å². The second-order valence-electron chi connectivity index (χ2n) is 7.16. The predicted octanol–water partition coefficient (Wildman–Crippen LogP) is 2.66. The third-order valence-corrected chi connectivity index (χ3v) is 5.74. The molecule has 2 aliphatic heterocycles. The number of nitrogens with zero attached hydrogens (tertiary/aromatic N) is 1. The molecule has 0 bridgehead atoms. The third-order valence-electron chi connectivity index (χ3n) is 5.74. The molecule has 2 heterocycles. The lowest BCUT2D eigenvalue weighted by Gasteiger charge is -2.45. The van der Waals surface area contributed by atoms with Gasteiger partial charge in [0.15, 0.2) is 0 Å². The lowest BCUT2D eigenvalue weighted by molar-refractivity contribution is 0.0546. The van der Waals surface area contributed by atoms with E-state index < -0.39 is 0 Å². The highest BCUT2D eigenvalue weighted by Gasteiger charge is 2.34. The number of hydrogen-bond donors (Lipinski definition) is 1. The van der Waals surface area contributed by atoms with Crippen LogP contribution in [0.4, 0.5) is 0 Å². The fraction of sp³-hybridized carbons (Fsp3) is 1.00. The Morgan fingerprint density at radius 2 is 2.00 bits per heavy atom. The summed E-state index contributed by atoms with van der Waals surface area (Å²) in [5.41, 5.74) is 0. The largest absolute Gasteiger partial charge is 0.381 e. The zero-order valence-corrected chi connectivity index (χ0v) is 13.2. The maximum atomic E-state index is 5.59. The zero-order chi connectivity index (χ0) is 13.8. The summed E-state index contributed by atoms with van der Waals surface area (Å²) in [5, 5.41) is 3.80. The van der Waals surface area contributed by atoms with Crippen LogP contribution < -0.4 is 5.32 Å². The van der Waals surface area contributed by atoms with Gasteiger partial charge in [0.25, 0.3) is 0 Å².